The average Bonchev–Trinajstić information content (AvgIpc) is 3.29. The highest BCUT2D eigenvalue weighted by molar-refractivity contribution is 7.99. The van der Waals surface area contributed by atoms with E-state index >= 15 is 0 Å². The molecule has 0 aliphatic carbocycles. The third kappa shape index (κ3) is 12.9. The van der Waals surface area contributed by atoms with Crippen LogP contribution in [0.1, 0.15) is 55.4 Å². The molecule has 2 aromatic rings. The Balaban J connectivity index is 2.09. The standard InChI is InChI=1S/C27H41N5O10S/c1-17(2)38-12-11-32-18-9-10-31(15-39-19(33)13-28-24(36)41-26(3,4)5)21(18)22(35)30-23(32)43-16-40-20(34)14-29-25(37)42-27(6,7)8/h9-10,17H,11-16H2,1-8H3,(H,28,36)(H,29,37). The molecule has 2 heterocycles. The van der Waals surface area contributed by atoms with Crippen LogP contribution >= 0.6 is 11.8 Å². The lowest BCUT2D eigenvalue weighted by atomic mass is 10.2. The second-order valence-electron chi connectivity index (χ2n) is 11.4. The van der Waals surface area contributed by atoms with Crippen molar-refractivity contribution < 1.29 is 42.9 Å². The maximum absolute atomic E-state index is 13.0. The van der Waals surface area contributed by atoms with Crippen LogP contribution in [0.5, 0.6) is 0 Å². The molecule has 0 atom stereocenters. The van der Waals surface area contributed by atoms with Gasteiger partial charge in [-0.2, -0.15) is 4.98 Å². The summed E-state index contributed by atoms with van der Waals surface area (Å²) in [5.74, 6) is -1.62. The molecular weight excluding hydrogens is 586 g/mol. The van der Waals surface area contributed by atoms with Crippen LogP contribution in [0.15, 0.2) is 22.2 Å². The zero-order chi connectivity index (χ0) is 32.4. The van der Waals surface area contributed by atoms with Gasteiger partial charge in [-0.3, -0.25) is 14.4 Å². The zero-order valence-electron chi connectivity index (χ0n) is 25.8. The summed E-state index contributed by atoms with van der Waals surface area (Å²) < 4.78 is 29.4. The van der Waals surface area contributed by atoms with E-state index in [-0.39, 0.29) is 29.4 Å². The van der Waals surface area contributed by atoms with Gasteiger partial charge in [-0.05, 0) is 73.2 Å². The molecule has 16 heteroatoms. The molecular formula is C27H41N5O10S. The number of aromatic nitrogens is 3. The molecule has 0 saturated heterocycles. The zero-order valence-corrected chi connectivity index (χ0v) is 26.6. The van der Waals surface area contributed by atoms with E-state index in [9.17, 15) is 24.0 Å². The maximum Gasteiger partial charge on any atom is 0.408 e. The fourth-order valence-electron chi connectivity index (χ4n) is 3.34. The fraction of sp³-hybridized carbons (Fsp3) is 0.630. The van der Waals surface area contributed by atoms with Crippen molar-refractivity contribution in [2.75, 3.05) is 25.6 Å². The van der Waals surface area contributed by atoms with Crippen molar-refractivity contribution in [1.29, 1.82) is 0 Å². The number of carbonyl (C=O) groups is 4. The number of thioether (sulfide) groups is 1. The number of nitrogens with one attached hydrogen (secondary N) is 2. The molecule has 0 spiro atoms. The first kappa shape index (κ1) is 35.4. The number of nitrogens with zero attached hydrogens (tertiary/aromatic N) is 3. The van der Waals surface area contributed by atoms with Gasteiger partial charge in [0.25, 0.3) is 5.56 Å². The molecule has 43 heavy (non-hydrogen) atoms. The molecule has 0 aliphatic heterocycles. The Hall–Kier alpha value is -3.79. The Morgan fingerprint density at radius 1 is 0.930 bits per heavy atom. The number of hydrogen-bond donors (Lipinski definition) is 2. The number of amides is 2. The molecule has 0 fully saturated rings. The van der Waals surface area contributed by atoms with Gasteiger partial charge in [0.1, 0.15) is 35.7 Å². The average molecular weight is 628 g/mol. The predicted molar refractivity (Wildman–Crippen MR) is 156 cm³/mol. The summed E-state index contributed by atoms with van der Waals surface area (Å²) in [6.07, 6.45) is 0.0220. The Morgan fingerprint density at radius 3 is 2.02 bits per heavy atom. The molecule has 0 aliphatic rings. The molecule has 240 valence electrons. The van der Waals surface area contributed by atoms with Crippen molar-refractivity contribution in [2.24, 2.45) is 0 Å². The molecule has 0 aromatic carbocycles. The summed E-state index contributed by atoms with van der Waals surface area (Å²) in [5.41, 5.74) is -1.35. The molecule has 2 N–H and O–H groups in total. The van der Waals surface area contributed by atoms with E-state index in [0.29, 0.717) is 18.7 Å². The quantitative estimate of drug-likeness (QED) is 0.109. The summed E-state index contributed by atoms with van der Waals surface area (Å²) in [5, 5.41) is 4.90. The lowest BCUT2D eigenvalue weighted by Gasteiger charge is -2.19. The summed E-state index contributed by atoms with van der Waals surface area (Å²) in [7, 11) is 0. The molecule has 0 saturated carbocycles. The van der Waals surface area contributed by atoms with Crippen LogP contribution in [0, 0.1) is 0 Å². The van der Waals surface area contributed by atoms with Crippen LogP contribution in [0.4, 0.5) is 9.59 Å². The predicted octanol–water partition coefficient (Wildman–Crippen LogP) is 2.77. The van der Waals surface area contributed by atoms with E-state index in [4.69, 9.17) is 23.7 Å². The first-order valence-corrected chi connectivity index (χ1v) is 14.5. The SMILES string of the molecule is CC(C)OCCn1c(SCOC(=O)CNC(=O)OC(C)(C)C)nc(=O)c2c1ccn2COC(=O)CNC(=O)OC(C)(C)C. The number of hydrogen-bond acceptors (Lipinski definition) is 12. The topological polar surface area (TPSA) is 178 Å². The van der Waals surface area contributed by atoms with Crippen LogP contribution in [-0.2, 0) is 46.5 Å². The molecule has 0 radical (unpaired) electrons. The van der Waals surface area contributed by atoms with Gasteiger partial charge in [-0.25, -0.2) is 9.59 Å². The minimum Gasteiger partial charge on any atom is -0.453 e. The van der Waals surface area contributed by atoms with Gasteiger partial charge >= 0.3 is 24.1 Å². The Labute approximate surface area is 253 Å². The first-order chi connectivity index (χ1) is 19.9. The Morgan fingerprint density at radius 2 is 1.49 bits per heavy atom. The Kier molecular flexibility index (Phi) is 12.9. The molecule has 0 bridgehead atoms. The van der Waals surface area contributed by atoms with Crippen molar-refractivity contribution in [3.8, 4) is 0 Å². The van der Waals surface area contributed by atoms with Gasteiger partial charge in [0.15, 0.2) is 11.9 Å². The van der Waals surface area contributed by atoms with Crippen LogP contribution < -0.4 is 16.2 Å². The summed E-state index contributed by atoms with van der Waals surface area (Å²) >= 11 is 1.01. The first-order valence-electron chi connectivity index (χ1n) is 13.5. The Bertz CT molecular complexity index is 1340. The smallest absolute Gasteiger partial charge is 0.408 e. The molecule has 15 nitrogen and oxygen atoms in total. The van der Waals surface area contributed by atoms with E-state index in [0.717, 1.165) is 11.8 Å². The van der Waals surface area contributed by atoms with Gasteiger partial charge in [0.05, 0.1) is 18.2 Å². The van der Waals surface area contributed by atoms with Crippen LogP contribution in [0.2, 0.25) is 0 Å². The van der Waals surface area contributed by atoms with E-state index in [2.05, 4.69) is 15.6 Å². The van der Waals surface area contributed by atoms with Crippen molar-refractivity contribution in [1.82, 2.24) is 24.8 Å². The minimum atomic E-state index is -0.762. The monoisotopic (exact) mass is 627 g/mol. The van der Waals surface area contributed by atoms with E-state index in [1.807, 2.05) is 13.8 Å². The lowest BCUT2D eigenvalue weighted by Crippen LogP contribution is -2.36. The van der Waals surface area contributed by atoms with Crippen molar-refractivity contribution in [3.63, 3.8) is 0 Å². The van der Waals surface area contributed by atoms with E-state index < -0.39 is 54.0 Å². The van der Waals surface area contributed by atoms with Crippen molar-refractivity contribution in [2.45, 2.75) is 91.1 Å². The molecule has 0 unspecified atom stereocenters. The number of alkyl carbamates (subject to hydrolysis) is 2. The van der Waals surface area contributed by atoms with E-state index in [1.54, 1.807) is 58.4 Å². The normalized spacial score (nSPS) is 11.7. The highest BCUT2D eigenvalue weighted by Crippen LogP contribution is 2.21. The number of carbonyl (C=O) groups excluding carboxylic acids is 4. The molecule has 2 aromatic heterocycles. The highest BCUT2D eigenvalue weighted by atomic mass is 32.2. The summed E-state index contributed by atoms with van der Waals surface area (Å²) in [6.45, 7) is 13.5. The van der Waals surface area contributed by atoms with Crippen LogP contribution in [0.3, 0.4) is 0 Å². The van der Waals surface area contributed by atoms with Gasteiger partial charge in [-0.1, -0.05) is 0 Å². The number of ether oxygens (including phenoxy) is 5. The summed E-state index contributed by atoms with van der Waals surface area (Å²) in [6, 6.07) is 1.67. The molecule has 2 amide bonds. The second kappa shape index (κ2) is 15.6. The van der Waals surface area contributed by atoms with Gasteiger partial charge < -0.3 is 43.5 Å². The third-order valence-electron chi connectivity index (χ3n) is 4.95. The van der Waals surface area contributed by atoms with E-state index in [1.165, 1.54) is 4.57 Å². The minimum absolute atomic E-state index is 0.0318. The van der Waals surface area contributed by atoms with Gasteiger partial charge in [0.2, 0.25) is 0 Å². The number of rotatable bonds is 13. The largest absolute Gasteiger partial charge is 0.453 e. The highest BCUT2D eigenvalue weighted by Gasteiger charge is 2.20. The lowest BCUT2D eigenvalue weighted by molar-refractivity contribution is -0.146. The van der Waals surface area contributed by atoms with Crippen LogP contribution in [0.25, 0.3) is 11.0 Å². The second-order valence-corrected chi connectivity index (χ2v) is 12.3. The number of fused-ring (bicyclic) bond motifs is 1. The van der Waals surface area contributed by atoms with Gasteiger partial charge in [-0.15, -0.1) is 0 Å². The maximum atomic E-state index is 13.0. The van der Waals surface area contributed by atoms with Crippen LogP contribution in [-0.4, -0.2) is 81.2 Å². The third-order valence-corrected chi connectivity index (χ3v) is 5.76. The van der Waals surface area contributed by atoms with Gasteiger partial charge in [0, 0.05) is 12.7 Å². The molecule has 2 rings (SSSR count). The fourth-order valence-corrected chi connectivity index (χ4v) is 4.13. The number of esters is 2. The summed E-state index contributed by atoms with van der Waals surface area (Å²) in [4.78, 5) is 65.0. The van der Waals surface area contributed by atoms with Crippen molar-refractivity contribution in [3.05, 3.63) is 22.6 Å². The van der Waals surface area contributed by atoms with Crippen molar-refractivity contribution >= 4 is 46.9 Å².